The number of piperazine rings is 1. The molecule has 4 nitrogen and oxygen atoms in total. The molecule has 1 fully saturated rings. The maximum absolute atomic E-state index is 13.7. The van der Waals surface area contributed by atoms with E-state index >= 15 is 0 Å². The minimum absolute atomic E-state index is 0.336. The van der Waals surface area contributed by atoms with Crippen molar-refractivity contribution < 1.29 is 8.78 Å². The van der Waals surface area contributed by atoms with Gasteiger partial charge in [-0.3, -0.25) is 4.99 Å². The zero-order valence-electron chi connectivity index (χ0n) is 11.9. The van der Waals surface area contributed by atoms with Gasteiger partial charge in [0, 0.05) is 45.8 Å². The lowest BCUT2D eigenvalue weighted by molar-refractivity contribution is 0.371. The van der Waals surface area contributed by atoms with Crippen LogP contribution in [0.3, 0.4) is 0 Å². The Hall–Kier alpha value is -1.85. The molecular formula is C14H20F2N4. The van der Waals surface area contributed by atoms with Gasteiger partial charge in [-0.25, -0.2) is 8.78 Å². The highest BCUT2D eigenvalue weighted by Gasteiger charge is 2.21. The van der Waals surface area contributed by atoms with Crippen molar-refractivity contribution in [2.75, 3.05) is 44.7 Å². The summed E-state index contributed by atoms with van der Waals surface area (Å²) in [5.74, 6) is 0.0649. The smallest absolute Gasteiger partial charge is 0.193 e. The number of hydrogen-bond acceptors (Lipinski definition) is 2. The molecule has 0 radical (unpaired) electrons. The summed E-state index contributed by atoms with van der Waals surface area (Å²) in [6.45, 7) is 5.58. The summed E-state index contributed by atoms with van der Waals surface area (Å²) in [7, 11) is 1.75. The molecule has 0 saturated carbocycles. The van der Waals surface area contributed by atoms with Gasteiger partial charge >= 0.3 is 0 Å². The van der Waals surface area contributed by atoms with Crippen molar-refractivity contribution in [1.29, 1.82) is 0 Å². The summed E-state index contributed by atoms with van der Waals surface area (Å²) in [5.41, 5.74) is 0.336. The second kappa shape index (κ2) is 6.54. The molecule has 1 aromatic rings. The van der Waals surface area contributed by atoms with E-state index in [1.165, 1.54) is 12.1 Å². The lowest BCUT2D eigenvalue weighted by atomic mass is 10.2. The maximum atomic E-state index is 13.7. The maximum Gasteiger partial charge on any atom is 0.193 e. The number of halogens is 2. The minimum Gasteiger partial charge on any atom is -0.366 e. The van der Waals surface area contributed by atoms with Crippen LogP contribution in [0.15, 0.2) is 23.2 Å². The van der Waals surface area contributed by atoms with Crippen LogP contribution in [0.1, 0.15) is 6.92 Å². The van der Waals surface area contributed by atoms with Crippen LogP contribution in [-0.2, 0) is 0 Å². The van der Waals surface area contributed by atoms with Crippen LogP contribution in [-0.4, -0.2) is 50.6 Å². The molecule has 1 N–H and O–H groups in total. The van der Waals surface area contributed by atoms with E-state index in [0.717, 1.165) is 31.7 Å². The Morgan fingerprint density at radius 2 is 1.95 bits per heavy atom. The van der Waals surface area contributed by atoms with E-state index in [1.807, 2.05) is 11.8 Å². The van der Waals surface area contributed by atoms with Gasteiger partial charge in [0.25, 0.3) is 0 Å². The zero-order valence-corrected chi connectivity index (χ0v) is 11.9. The molecule has 0 unspecified atom stereocenters. The number of anilines is 1. The summed E-state index contributed by atoms with van der Waals surface area (Å²) < 4.78 is 27.0. The van der Waals surface area contributed by atoms with Gasteiger partial charge in [-0.15, -0.1) is 0 Å². The first-order chi connectivity index (χ1) is 9.65. The second-order valence-corrected chi connectivity index (χ2v) is 4.65. The molecule has 1 aliphatic heterocycles. The first-order valence-corrected chi connectivity index (χ1v) is 6.81. The highest BCUT2D eigenvalue weighted by Crippen LogP contribution is 2.21. The van der Waals surface area contributed by atoms with Gasteiger partial charge < -0.3 is 15.1 Å². The van der Waals surface area contributed by atoms with Crippen molar-refractivity contribution in [2.24, 2.45) is 4.99 Å². The van der Waals surface area contributed by atoms with Crippen LogP contribution in [0, 0.1) is 11.6 Å². The molecule has 1 aliphatic rings. The monoisotopic (exact) mass is 282 g/mol. The number of rotatable bonds is 2. The Labute approximate surface area is 118 Å². The SMILES string of the molecule is CCNC(=NC)N1CCN(c2cc(F)ccc2F)CC1. The van der Waals surface area contributed by atoms with Crippen LogP contribution in [0.5, 0.6) is 0 Å². The zero-order chi connectivity index (χ0) is 14.5. The number of aliphatic imine (C=N–C) groups is 1. The quantitative estimate of drug-likeness (QED) is 0.661. The first-order valence-electron chi connectivity index (χ1n) is 6.81. The normalized spacial score (nSPS) is 16.5. The average molecular weight is 282 g/mol. The average Bonchev–Trinajstić information content (AvgIpc) is 2.47. The first kappa shape index (κ1) is 14.6. The molecule has 6 heteroatoms. The Balaban J connectivity index is 2.02. The van der Waals surface area contributed by atoms with Crippen molar-refractivity contribution in [3.63, 3.8) is 0 Å². The topological polar surface area (TPSA) is 30.9 Å². The van der Waals surface area contributed by atoms with Crippen molar-refractivity contribution in [1.82, 2.24) is 10.2 Å². The van der Waals surface area contributed by atoms with Crippen molar-refractivity contribution >= 4 is 11.6 Å². The van der Waals surface area contributed by atoms with Gasteiger partial charge in [-0.05, 0) is 19.1 Å². The van der Waals surface area contributed by atoms with E-state index in [-0.39, 0.29) is 5.82 Å². The van der Waals surface area contributed by atoms with Crippen LogP contribution >= 0.6 is 0 Å². The Morgan fingerprint density at radius 3 is 2.55 bits per heavy atom. The van der Waals surface area contributed by atoms with Gasteiger partial charge in [0.2, 0.25) is 0 Å². The van der Waals surface area contributed by atoms with Crippen LogP contribution in [0.4, 0.5) is 14.5 Å². The summed E-state index contributed by atoms with van der Waals surface area (Å²) >= 11 is 0. The summed E-state index contributed by atoms with van der Waals surface area (Å²) in [6.07, 6.45) is 0. The van der Waals surface area contributed by atoms with E-state index in [0.29, 0.717) is 18.8 Å². The largest absolute Gasteiger partial charge is 0.366 e. The number of hydrogen-bond donors (Lipinski definition) is 1. The lowest BCUT2D eigenvalue weighted by Crippen LogP contribution is -2.52. The molecule has 1 saturated heterocycles. The highest BCUT2D eigenvalue weighted by atomic mass is 19.1. The molecule has 0 spiro atoms. The second-order valence-electron chi connectivity index (χ2n) is 4.65. The predicted octanol–water partition coefficient (Wildman–Crippen LogP) is 1.68. The number of nitrogens with one attached hydrogen (secondary N) is 1. The fourth-order valence-electron chi connectivity index (χ4n) is 2.38. The molecule has 20 heavy (non-hydrogen) atoms. The fraction of sp³-hybridized carbons (Fsp3) is 0.500. The molecular weight excluding hydrogens is 262 g/mol. The van der Waals surface area contributed by atoms with E-state index in [1.54, 1.807) is 7.05 Å². The molecule has 1 aromatic carbocycles. The third kappa shape index (κ3) is 3.18. The summed E-state index contributed by atoms with van der Waals surface area (Å²) in [4.78, 5) is 8.20. The van der Waals surface area contributed by atoms with E-state index < -0.39 is 5.82 Å². The van der Waals surface area contributed by atoms with Gasteiger partial charge in [0.15, 0.2) is 5.96 Å². The van der Waals surface area contributed by atoms with Crippen molar-refractivity contribution in [3.05, 3.63) is 29.8 Å². The molecule has 2 rings (SSSR count). The highest BCUT2D eigenvalue weighted by molar-refractivity contribution is 5.80. The number of nitrogens with zero attached hydrogens (tertiary/aromatic N) is 3. The van der Waals surface area contributed by atoms with Crippen LogP contribution in [0.25, 0.3) is 0 Å². The predicted molar refractivity (Wildman–Crippen MR) is 77.2 cm³/mol. The van der Waals surface area contributed by atoms with Gasteiger partial charge in [0.1, 0.15) is 11.6 Å². The van der Waals surface area contributed by atoms with Crippen LogP contribution in [0.2, 0.25) is 0 Å². The third-order valence-corrected chi connectivity index (χ3v) is 3.37. The molecule has 0 bridgehead atoms. The van der Waals surface area contributed by atoms with Gasteiger partial charge in [0.05, 0.1) is 5.69 Å². The van der Waals surface area contributed by atoms with Crippen molar-refractivity contribution in [2.45, 2.75) is 6.92 Å². The minimum atomic E-state index is -0.410. The molecule has 1 heterocycles. The van der Waals surface area contributed by atoms with Crippen molar-refractivity contribution in [3.8, 4) is 0 Å². The van der Waals surface area contributed by atoms with E-state index in [9.17, 15) is 8.78 Å². The summed E-state index contributed by atoms with van der Waals surface area (Å²) in [6, 6.07) is 3.57. The molecule has 0 atom stereocenters. The Kier molecular flexibility index (Phi) is 4.76. The number of benzene rings is 1. The number of guanidine groups is 1. The van der Waals surface area contributed by atoms with E-state index in [4.69, 9.17) is 0 Å². The lowest BCUT2D eigenvalue weighted by Gasteiger charge is -2.37. The molecule has 0 aromatic heterocycles. The van der Waals surface area contributed by atoms with Gasteiger partial charge in [-0.1, -0.05) is 0 Å². The van der Waals surface area contributed by atoms with E-state index in [2.05, 4.69) is 15.2 Å². The molecule has 0 aliphatic carbocycles. The van der Waals surface area contributed by atoms with Gasteiger partial charge in [-0.2, -0.15) is 0 Å². The summed E-state index contributed by atoms with van der Waals surface area (Å²) in [5, 5.41) is 3.20. The third-order valence-electron chi connectivity index (χ3n) is 3.37. The fourth-order valence-corrected chi connectivity index (χ4v) is 2.38. The molecule has 0 amide bonds. The standard InChI is InChI=1S/C14H20F2N4/c1-3-18-14(17-2)20-8-6-19(7-9-20)13-10-11(15)4-5-12(13)16/h4-5,10H,3,6-9H2,1-2H3,(H,17,18). The Morgan fingerprint density at radius 1 is 1.25 bits per heavy atom. The van der Waals surface area contributed by atoms with Crippen LogP contribution < -0.4 is 10.2 Å². The Bertz CT molecular complexity index is 482. The molecule has 110 valence electrons.